The highest BCUT2D eigenvalue weighted by Gasteiger charge is 2.13. The predicted molar refractivity (Wildman–Crippen MR) is 68.5 cm³/mol. The molecule has 0 aromatic carbocycles. The molecule has 0 atom stereocenters. The van der Waals surface area contributed by atoms with Crippen molar-refractivity contribution in [3.63, 3.8) is 0 Å². The summed E-state index contributed by atoms with van der Waals surface area (Å²) >= 11 is 0. The zero-order chi connectivity index (χ0) is 12.4. The van der Waals surface area contributed by atoms with Crippen molar-refractivity contribution in [2.24, 2.45) is 5.41 Å². The summed E-state index contributed by atoms with van der Waals surface area (Å²) in [6, 6.07) is 0. The van der Waals surface area contributed by atoms with E-state index < -0.39 is 5.97 Å². The second kappa shape index (κ2) is 8.14. The van der Waals surface area contributed by atoms with Crippen LogP contribution >= 0.6 is 0 Å². The van der Waals surface area contributed by atoms with Gasteiger partial charge in [0.2, 0.25) is 0 Å². The number of hydrogen-bond acceptors (Lipinski definition) is 1. The van der Waals surface area contributed by atoms with Crippen LogP contribution in [0.5, 0.6) is 0 Å². The van der Waals surface area contributed by atoms with Gasteiger partial charge in [-0.05, 0) is 24.7 Å². The molecular weight excluding hydrogens is 200 g/mol. The van der Waals surface area contributed by atoms with Gasteiger partial charge in [-0.25, -0.2) is 4.79 Å². The van der Waals surface area contributed by atoms with E-state index in [2.05, 4.69) is 20.8 Å². The van der Waals surface area contributed by atoms with E-state index in [1.807, 2.05) is 6.08 Å². The average molecular weight is 224 g/mol. The zero-order valence-electron chi connectivity index (χ0n) is 10.7. The largest absolute Gasteiger partial charge is 0.478 e. The average Bonchev–Trinajstić information content (AvgIpc) is 2.21. The van der Waals surface area contributed by atoms with E-state index in [9.17, 15) is 4.79 Å². The molecule has 0 fully saturated rings. The van der Waals surface area contributed by atoms with Crippen LogP contribution in [0.2, 0.25) is 0 Å². The molecule has 0 bridgehead atoms. The smallest absolute Gasteiger partial charge is 0.328 e. The van der Waals surface area contributed by atoms with Crippen molar-refractivity contribution in [3.8, 4) is 0 Å². The lowest BCUT2D eigenvalue weighted by Gasteiger charge is -2.21. The lowest BCUT2D eigenvalue weighted by Crippen LogP contribution is -2.08. The molecular formula is C14H24O2. The molecule has 1 N–H and O–H groups in total. The second-order valence-corrected chi connectivity index (χ2v) is 4.89. The molecule has 0 amide bonds. The van der Waals surface area contributed by atoms with Gasteiger partial charge in [-0.15, -0.1) is 0 Å². The molecule has 0 heterocycles. The van der Waals surface area contributed by atoms with Crippen molar-refractivity contribution in [1.29, 1.82) is 0 Å². The minimum atomic E-state index is -0.894. The van der Waals surface area contributed by atoms with Gasteiger partial charge in [-0.2, -0.15) is 0 Å². The maximum absolute atomic E-state index is 10.2. The Hall–Kier alpha value is -1.05. The normalized spacial score (nSPS) is 12.7. The summed E-state index contributed by atoms with van der Waals surface area (Å²) in [4.78, 5) is 10.2. The first kappa shape index (κ1) is 14.9. The van der Waals surface area contributed by atoms with Crippen LogP contribution in [-0.2, 0) is 4.79 Å². The molecule has 0 radical (unpaired) electrons. The lowest BCUT2D eigenvalue weighted by atomic mass is 9.84. The van der Waals surface area contributed by atoms with Crippen LogP contribution < -0.4 is 0 Å². The highest BCUT2D eigenvalue weighted by atomic mass is 16.4. The van der Waals surface area contributed by atoms with Crippen molar-refractivity contribution in [1.82, 2.24) is 0 Å². The van der Waals surface area contributed by atoms with Crippen LogP contribution in [0.25, 0.3) is 0 Å². The summed E-state index contributed by atoms with van der Waals surface area (Å²) in [7, 11) is 0. The van der Waals surface area contributed by atoms with Crippen molar-refractivity contribution in [2.75, 3.05) is 0 Å². The van der Waals surface area contributed by atoms with Gasteiger partial charge in [0.05, 0.1) is 0 Å². The van der Waals surface area contributed by atoms with Crippen LogP contribution in [0.1, 0.15) is 52.9 Å². The van der Waals surface area contributed by atoms with Gasteiger partial charge in [0.15, 0.2) is 0 Å². The van der Waals surface area contributed by atoms with Gasteiger partial charge in [-0.3, -0.25) is 0 Å². The fraction of sp³-hybridized carbons (Fsp3) is 0.643. The van der Waals surface area contributed by atoms with Gasteiger partial charge in [0.1, 0.15) is 0 Å². The molecule has 2 heteroatoms. The Kier molecular flexibility index (Phi) is 7.61. The maximum atomic E-state index is 10.2. The van der Waals surface area contributed by atoms with Gasteiger partial charge in [-0.1, -0.05) is 51.8 Å². The lowest BCUT2D eigenvalue weighted by molar-refractivity contribution is -0.131. The minimum absolute atomic E-state index is 0.465. The molecule has 0 aliphatic carbocycles. The molecule has 0 spiro atoms. The van der Waals surface area contributed by atoms with Crippen LogP contribution in [0.4, 0.5) is 0 Å². The second-order valence-electron chi connectivity index (χ2n) is 4.89. The summed E-state index contributed by atoms with van der Waals surface area (Å²) in [6.45, 7) is 6.84. The van der Waals surface area contributed by atoms with E-state index in [1.54, 1.807) is 12.2 Å². The number of carbonyl (C=O) groups is 1. The molecule has 2 nitrogen and oxygen atoms in total. The molecule has 0 aromatic rings. The van der Waals surface area contributed by atoms with E-state index in [0.717, 1.165) is 12.5 Å². The van der Waals surface area contributed by atoms with Crippen molar-refractivity contribution >= 4 is 5.97 Å². The quantitative estimate of drug-likeness (QED) is 0.381. The standard InChI is InChI=1S/C14H24O2/c1-4-14(2,3)12-10-8-6-5-7-9-11-13(15)16/h5,7,9,11H,4,6,8,10,12H2,1-3H3,(H,15,16)/b7-5+,11-9+. The van der Waals surface area contributed by atoms with E-state index in [1.165, 1.54) is 25.7 Å². The molecule has 0 unspecified atom stereocenters. The van der Waals surface area contributed by atoms with Crippen LogP contribution in [0, 0.1) is 5.41 Å². The van der Waals surface area contributed by atoms with E-state index in [4.69, 9.17) is 5.11 Å². The fourth-order valence-electron chi connectivity index (χ4n) is 1.36. The number of aliphatic carboxylic acids is 1. The minimum Gasteiger partial charge on any atom is -0.478 e. The van der Waals surface area contributed by atoms with E-state index in [0.29, 0.717) is 5.41 Å². The Bertz CT molecular complexity index is 249. The third-order valence-corrected chi connectivity index (χ3v) is 2.92. The summed E-state index contributed by atoms with van der Waals surface area (Å²) in [6.07, 6.45) is 12.5. The zero-order valence-corrected chi connectivity index (χ0v) is 10.7. The SMILES string of the molecule is CCC(C)(C)CCCC/C=C/C=C/C(=O)O. The number of unbranched alkanes of at least 4 members (excludes halogenated alkanes) is 2. The predicted octanol–water partition coefficient (Wildman–Crippen LogP) is 4.18. The van der Waals surface area contributed by atoms with E-state index >= 15 is 0 Å². The first-order valence-electron chi connectivity index (χ1n) is 6.04. The Balaban J connectivity index is 3.51. The molecule has 0 rings (SSSR count). The number of carboxylic acid groups (broad SMARTS) is 1. The van der Waals surface area contributed by atoms with Gasteiger partial charge in [0.25, 0.3) is 0 Å². The highest BCUT2D eigenvalue weighted by molar-refractivity contribution is 5.80. The Morgan fingerprint density at radius 2 is 1.94 bits per heavy atom. The summed E-state index contributed by atoms with van der Waals surface area (Å²) < 4.78 is 0. The molecule has 0 aromatic heterocycles. The Labute approximate surface area is 99.1 Å². The Morgan fingerprint density at radius 3 is 2.50 bits per heavy atom. The van der Waals surface area contributed by atoms with Crippen LogP contribution in [0.3, 0.4) is 0 Å². The summed E-state index contributed by atoms with van der Waals surface area (Å²) in [5.41, 5.74) is 0.465. The third-order valence-electron chi connectivity index (χ3n) is 2.92. The molecule has 16 heavy (non-hydrogen) atoms. The highest BCUT2D eigenvalue weighted by Crippen LogP contribution is 2.26. The summed E-state index contributed by atoms with van der Waals surface area (Å²) in [5.74, 6) is -0.894. The van der Waals surface area contributed by atoms with Gasteiger partial charge in [0, 0.05) is 6.08 Å². The molecule has 0 aliphatic heterocycles. The van der Waals surface area contributed by atoms with Gasteiger partial charge >= 0.3 is 5.97 Å². The van der Waals surface area contributed by atoms with Crippen LogP contribution in [0.15, 0.2) is 24.3 Å². The molecule has 92 valence electrons. The number of rotatable bonds is 8. The molecule has 0 saturated carbocycles. The molecule has 0 aliphatic rings. The third kappa shape index (κ3) is 9.50. The molecule has 0 saturated heterocycles. The Morgan fingerprint density at radius 1 is 1.25 bits per heavy atom. The van der Waals surface area contributed by atoms with E-state index in [-0.39, 0.29) is 0 Å². The van der Waals surface area contributed by atoms with Crippen LogP contribution in [-0.4, -0.2) is 11.1 Å². The monoisotopic (exact) mass is 224 g/mol. The van der Waals surface area contributed by atoms with Crippen molar-refractivity contribution in [3.05, 3.63) is 24.3 Å². The maximum Gasteiger partial charge on any atom is 0.328 e. The number of carboxylic acids is 1. The topological polar surface area (TPSA) is 37.3 Å². The first-order chi connectivity index (χ1) is 7.48. The van der Waals surface area contributed by atoms with Crippen molar-refractivity contribution < 1.29 is 9.90 Å². The fourth-order valence-corrected chi connectivity index (χ4v) is 1.36. The van der Waals surface area contributed by atoms with Gasteiger partial charge < -0.3 is 5.11 Å². The first-order valence-corrected chi connectivity index (χ1v) is 6.04. The number of allylic oxidation sites excluding steroid dienone is 3. The van der Waals surface area contributed by atoms with Crippen molar-refractivity contribution in [2.45, 2.75) is 52.9 Å². The summed E-state index contributed by atoms with van der Waals surface area (Å²) in [5, 5.41) is 8.35. The number of hydrogen-bond donors (Lipinski definition) is 1.